The van der Waals surface area contributed by atoms with Crippen molar-refractivity contribution in [2.45, 2.75) is 18.6 Å². The van der Waals surface area contributed by atoms with Crippen LogP contribution in [0.5, 0.6) is 0 Å². The minimum atomic E-state index is -0.392. The molecule has 0 unspecified atom stereocenters. The predicted octanol–water partition coefficient (Wildman–Crippen LogP) is 4.23. The van der Waals surface area contributed by atoms with Gasteiger partial charge in [-0.05, 0) is 12.1 Å². The Bertz CT molecular complexity index is 949. The van der Waals surface area contributed by atoms with E-state index in [0.717, 1.165) is 54.6 Å². The van der Waals surface area contributed by atoms with Crippen molar-refractivity contribution in [1.82, 2.24) is 9.97 Å². The number of para-hydroxylation sites is 1. The Labute approximate surface area is 170 Å². The first-order valence-corrected chi connectivity index (χ1v) is 10.1. The normalized spacial score (nSPS) is 18.1. The molecule has 0 amide bonds. The van der Waals surface area contributed by atoms with E-state index in [-0.39, 0.29) is 0 Å². The van der Waals surface area contributed by atoms with Crippen molar-refractivity contribution in [2.24, 2.45) is 0 Å². The molecule has 0 atom stereocenters. The zero-order chi connectivity index (χ0) is 19.5. The van der Waals surface area contributed by atoms with Crippen molar-refractivity contribution in [3.63, 3.8) is 0 Å². The Balaban J connectivity index is 1.45. The molecule has 2 saturated heterocycles. The lowest BCUT2D eigenvalue weighted by molar-refractivity contribution is -0.169. The summed E-state index contributed by atoms with van der Waals surface area (Å²) in [7, 11) is 0. The SMILES string of the molecule is c1ccc(Nc2cc(N3CCC4(CC3)OCCO4)nc(-c3ccccc3)n2)cc1. The lowest BCUT2D eigenvalue weighted by Gasteiger charge is -2.38. The fraction of sp³-hybridized carbons (Fsp3) is 0.304. The van der Waals surface area contributed by atoms with Crippen molar-refractivity contribution in [2.75, 3.05) is 36.5 Å². The van der Waals surface area contributed by atoms with Crippen molar-refractivity contribution in [3.05, 3.63) is 66.7 Å². The zero-order valence-electron chi connectivity index (χ0n) is 16.3. The molecule has 6 heteroatoms. The van der Waals surface area contributed by atoms with Gasteiger partial charge < -0.3 is 19.7 Å². The van der Waals surface area contributed by atoms with Gasteiger partial charge in [-0.15, -0.1) is 0 Å². The molecule has 0 aliphatic carbocycles. The average Bonchev–Trinajstić information content (AvgIpc) is 3.23. The first-order chi connectivity index (χ1) is 14.3. The van der Waals surface area contributed by atoms with Crippen LogP contribution in [-0.4, -0.2) is 42.1 Å². The van der Waals surface area contributed by atoms with Gasteiger partial charge in [-0.1, -0.05) is 48.5 Å². The Kier molecular flexibility index (Phi) is 4.87. The lowest BCUT2D eigenvalue weighted by atomic mass is 10.0. The fourth-order valence-electron chi connectivity index (χ4n) is 3.91. The van der Waals surface area contributed by atoms with E-state index in [1.807, 2.05) is 66.7 Å². The molecule has 2 aromatic carbocycles. The number of nitrogens with one attached hydrogen (secondary N) is 1. The molecule has 148 valence electrons. The molecule has 3 heterocycles. The van der Waals surface area contributed by atoms with E-state index in [9.17, 15) is 0 Å². The molecule has 2 fully saturated rings. The van der Waals surface area contributed by atoms with E-state index in [2.05, 4.69) is 10.2 Å². The molecule has 0 radical (unpaired) electrons. The summed E-state index contributed by atoms with van der Waals surface area (Å²) in [4.78, 5) is 11.9. The van der Waals surface area contributed by atoms with Crippen molar-refractivity contribution < 1.29 is 9.47 Å². The molecule has 2 aliphatic rings. The Morgan fingerprint density at radius 2 is 1.48 bits per heavy atom. The molecule has 2 aliphatic heterocycles. The van der Waals surface area contributed by atoms with E-state index >= 15 is 0 Å². The van der Waals surface area contributed by atoms with E-state index < -0.39 is 5.79 Å². The lowest BCUT2D eigenvalue weighted by Crippen LogP contribution is -2.45. The van der Waals surface area contributed by atoms with Gasteiger partial charge in [0.15, 0.2) is 11.6 Å². The second kappa shape index (κ2) is 7.81. The van der Waals surface area contributed by atoms with Gasteiger partial charge in [0.1, 0.15) is 11.6 Å². The van der Waals surface area contributed by atoms with Crippen LogP contribution in [0.25, 0.3) is 11.4 Å². The highest BCUT2D eigenvalue weighted by Gasteiger charge is 2.40. The second-order valence-electron chi connectivity index (χ2n) is 7.39. The van der Waals surface area contributed by atoms with Crippen LogP contribution in [0.1, 0.15) is 12.8 Å². The molecule has 5 rings (SSSR count). The maximum absolute atomic E-state index is 5.87. The van der Waals surface area contributed by atoms with Crippen LogP contribution >= 0.6 is 0 Å². The predicted molar refractivity (Wildman–Crippen MR) is 113 cm³/mol. The molecule has 29 heavy (non-hydrogen) atoms. The third-order valence-corrected chi connectivity index (χ3v) is 5.45. The number of hydrogen-bond acceptors (Lipinski definition) is 6. The first-order valence-electron chi connectivity index (χ1n) is 10.1. The average molecular weight is 388 g/mol. The van der Waals surface area contributed by atoms with E-state index in [0.29, 0.717) is 13.2 Å². The number of benzene rings is 2. The van der Waals surface area contributed by atoms with Crippen molar-refractivity contribution in [3.8, 4) is 11.4 Å². The first kappa shape index (κ1) is 18.1. The van der Waals surface area contributed by atoms with Crippen LogP contribution < -0.4 is 10.2 Å². The monoisotopic (exact) mass is 388 g/mol. The molecule has 0 bridgehead atoms. The summed E-state index contributed by atoms with van der Waals surface area (Å²) in [5.74, 6) is 2.03. The van der Waals surface area contributed by atoms with Crippen LogP contribution in [0.4, 0.5) is 17.3 Å². The van der Waals surface area contributed by atoms with Crippen LogP contribution in [-0.2, 0) is 9.47 Å². The van der Waals surface area contributed by atoms with Crippen LogP contribution in [0.2, 0.25) is 0 Å². The van der Waals surface area contributed by atoms with Crippen LogP contribution in [0.15, 0.2) is 66.7 Å². The quantitative estimate of drug-likeness (QED) is 0.722. The largest absolute Gasteiger partial charge is 0.356 e. The molecule has 3 aromatic rings. The van der Waals surface area contributed by atoms with E-state index in [1.54, 1.807) is 0 Å². The van der Waals surface area contributed by atoms with Gasteiger partial charge in [-0.3, -0.25) is 0 Å². The van der Waals surface area contributed by atoms with Gasteiger partial charge in [0.2, 0.25) is 0 Å². The highest BCUT2D eigenvalue weighted by Crippen LogP contribution is 2.34. The zero-order valence-corrected chi connectivity index (χ0v) is 16.3. The standard InChI is InChI=1S/C23H24N4O2/c1-3-7-18(8-4-1)22-25-20(24-19-9-5-2-6-10-19)17-21(26-22)27-13-11-23(12-14-27)28-15-16-29-23/h1-10,17H,11-16H2,(H,24,25,26). The van der Waals surface area contributed by atoms with Crippen LogP contribution in [0.3, 0.4) is 0 Å². The van der Waals surface area contributed by atoms with Gasteiger partial charge in [0, 0.05) is 43.2 Å². The summed E-state index contributed by atoms with van der Waals surface area (Å²) in [6.07, 6.45) is 1.69. The highest BCUT2D eigenvalue weighted by molar-refractivity contribution is 5.65. The Hall–Kier alpha value is -2.96. The minimum Gasteiger partial charge on any atom is -0.356 e. The van der Waals surface area contributed by atoms with Gasteiger partial charge in [-0.2, -0.15) is 0 Å². The highest BCUT2D eigenvalue weighted by atomic mass is 16.7. The number of hydrogen-bond donors (Lipinski definition) is 1. The van der Waals surface area contributed by atoms with Gasteiger partial charge in [0.25, 0.3) is 0 Å². The van der Waals surface area contributed by atoms with E-state index in [4.69, 9.17) is 19.4 Å². The van der Waals surface area contributed by atoms with Crippen molar-refractivity contribution >= 4 is 17.3 Å². The summed E-state index contributed by atoms with van der Waals surface area (Å²) >= 11 is 0. The summed E-state index contributed by atoms with van der Waals surface area (Å²) in [5.41, 5.74) is 2.00. The third-order valence-electron chi connectivity index (χ3n) is 5.45. The van der Waals surface area contributed by atoms with Gasteiger partial charge in [-0.25, -0.2) is 9.97 Å². The van der Waals surface area contributed by atoms with E-state index in [1.165, 1.54) is 0 Å². The second-order valence-corrected chi connectivity index (χ2v) is 7.39. The summed E-state index contributed by atoms with van der Waals surface area (Å²) in [6, 6.07) is 22.2. The molecule has 0 saturated carbocycles. The third kappa shape index (κ3) is 3.95. The maximum Gasteiger partial charge on any atom is 0.171 e. The van der Waals surface area contributed by atoms with Crippen LogP contribution in [0, 0.1) is 0 Å². The molecular weight excluding hydrogens is 364 g/mol. The van der Waals surface area contributed by atoms with Crippen molar-refractivity contribution in [1.29, 1.82) is 0 Å². The summed E-state index contributed by atoms with van der Waals surface area (Å²) in [6.45, 7) is 3.07. The molecular formula is C23H24N4O2. The number of nitrogens with zero attached hydrogens (tertiary/aromatic N) is 3. The Morgan fingerprint density at radius 1 is 0.828 bits per heavy atom. The minimum absolute atomic E-state index is 0.392. The maximum atomic E-state index is 5.87. The molecule has 1 N–H and O–H groups in total. The summed E-state index contributed by atoms with van der Waals surface area (Å²) < 4.78 is 11.7. The molecule has 1 spiro atoms. The topological polar surface area (TPSA) is 59.5 Å². The van der Waals surface area contributed by atoms with Gasteiger partial charge >= 0.3 is 0 Å². The molecule has 1 aromatic heterocycles. The summed E-state index contributed by atoms with van der Waals surface area (Å²) in [5, 5.41) is 3.41. The number of piperidine rings is 1. The number of rotatable bonds is 4. The van der Waals surface area contributed by atoms with Gasteiger partial charge in [0.05, 0.1) is 13.2 Å². The number of anilines is 3. The number of ether oxygens (including phenoxy) is 2. The number of aromatic nitrogens is 2. The Morgan fingerprint density at radius 3 is 2.17 bits per heavy atom. The fourth-order valence-corrected chi connectivity index (χ4v) is 3.91. The molecule has 6 nitrogen and oxygen atoms in total. The smallest absolute Gasteiger partial charge is 0.171 e.